The summed E-state index contributed by atoms with van der Waals surface area (Å²) in [6.07, 6.45) is 1.56. The molecule has 1 aliphatic rings. The molecule has 0 unspecified atom stereocenters. The van der Waals surface area contributed by atoms with Crippen molar-refractivity contribution in [3.8, 4) is 0 Å². The van der Waals surface area contributed by atoms with Gasteiger partial charge in [-0.3, -0.25) is 4.79 Å². The second kappa shape index (κ2) is 3.16. The first-order valence-electron chi connectivity index (χ1n) is 4.75. The average Bonchev–Trinajstić information content (AvgIpc) is 1.80. The van der Waals surface area contributed by atoms with Crippen molar-refractivity contribution in [2.45, 2.75) is 51.5 Å². The standard InChI is InChI=1S/C10H18ClNO/c1-7(2)12-8(13)9(3)5-10(4,11)6-9/h7H,5-6H2,1-4H3,(H,12,13). The van der Waals surface area contributed by atoms with Crippen LogP contribution in [0.5, 0.6) is 0 Å². The monoisotopic (exact) mass is 203 g/mol. The Morgan fingerprint density at radius 3 is 2.15 bits per heavy atom. The van der Waals surface area contributed by atoms with Crippen LogP contribution in [-0.2, 0) is 4.79 Å². The molecule has 13 heavy (non-hydrogen) atoms. The lowest BCUT2D eigenvalue weighted by molar-refractivity contribution is -0.136. The average molecular weight is 204 g/mol. The zero-order valence-electron chi connectivity index (χ0n) is 8.78. The molecule has 2 nitrogen and oxygen atoms in total. The highest BCUT2D eigenvalue weighted by Gasteiger charge is 2.52. The third-order valence-corrected chi connectivity index (χ3v) is 2.75. The van der Waals surface area contributed by atoms with Gasteiger partial charge in [0.2, 0.25) is 5.91 Å². The maximum absolute atomic E-state index is 11.7. The van der Waals surface area contributed by atoms with Crippen LogP contribution in [0.25, 0.3) is 0 Å². The van der Waals surface area contributed by atoms with Crippen molar-refractivity contribution in [1.82, 2.24) is 5.32 Å². The molecule has 0 aliphatic heterocycles. The Bertz CT molecular complexity index is 215. The number of amides is 1. The highest BCUT2D eigenvalue weighted by molar-refractivity contribution is 6.25. The molecule has 1 fully saturated rings. The summed E-state index contributed by atoms with van der Waals surface area (Å²) in [5.41, 5.74) is -0.235. The van der Waals surface area contributed by atoms with E-state index < -0.39 is 0 Å². The minimum atomic E-state index is -0.235. The maximum atomic E-state index is 11.7. The molecule has 3 heteroatoms. The summed E-state index contributed by atoms with van der Waals surface area (Å²) in [6.45, 7) is 7.91. The van der Waals surface area contributed by atoms with Gasteiger partial charge in [0, 0.05) is 16.3 Å². The third kappa shape index (κ3) is 2.37. The Hall–Kier alpha value is -0.240. The van der Waals surface area contributed by atoms with Gasteiger partial charge in [-0.2, -0.15) is 0 Å². The van der Waals surface area contributed by atoms with Crippen LogP contribution in [0.1, 0.15) is 40.5 Å². The molecule has 0 aromatic heterocycles. The van der Waals surface area contributed by atoms with Crippen molar-refractivity contribution in [3.05, 3.63) is 0 Å². The minimum Gasteiger partial charge on any atom is -0.353 e. The summed E-state index contributed by atoms with van der Waals surface area (Å²) in [7, 11) is 0. The number of carbonyl (C=O) groups excluding carboxylic acids is 1. The Balaban J connectivity index is 2.50. The van der Waals surface area contributed by atoms with Gasteiger partial charge < -0.3 is 5.32 Å². The molecule has 1 rings (SSSR count). The summed E-state index contributed by atoms with van der Waals surface area (Å²) in [5.74, 6) is 0.139. The second-order valence-electron chi connectivity index (χ2n) is 4.96. The Morgan fingerprint density at radius 1 is 1.38 bits per heavy atom. The van der Waals surface area contributed by atoms with E-state index in [0.717, 1.165) is 12.8 Å². The van der Waals surface area contributed by atoms with Crippen molar-refractivity contribution in [2.75, 3.05) is 0 Å². The van der Waals surface area contributed by atoms with Gasteiger partial charge in [0.1, 0.15) is 0 Å². The largest absolute Gasteiger partial charge is 0.353 e. The van der Waals surface area contributed by atoms with Gasteiger partial charge in [-0.25, -0.2) is 0 Å². The van der Waals surface area contributed by atoms with Crippen LogP contribution in [0.2, 0.25) is 0 Å². The van der Waals surface area contributed by atoms with Gasteiger partial charge in [-0.05, 0) is 33.6 Å². The molecule has 1 N–H and O–H groups in total. The number of hydrogen-bond donors (Lipinski definition) is 1. The van der Waals surface area contributed by atoms with Gasteiger partial charge in [-0.15, -0.1) is 11.6 Å². The number of hydrogen-bond acceptors (Lipinski definition) is 1. The number of alkyl halides is 1. The first kappa shape index (κ1) is 10.8. The smallest absolute Gasteiger partial charge is 0.226 e. The molecule has 0 radical (unpaired) electrons. The van der Waals surface area contributed by atoms with Crippen molar-refractivity contribution in [2.24, 2.45) is 5.41 Å². The van der Waals surface area contributed by atoms with E-state index in [1.165, 1.54) is 0 Å². The Labute approximate surface area is 85.0 Å². The molecule has 0 atom stereocenters. The van der Waals surface area contributed by atoms with Crippen molar-refractivity contribution in [1.29, 1.82) is 0 Å². The lowest BCUT2D eigenvalue weighted by Crippen LogP contribution is -2.54. The molecule has 76 valence electrons. The molecule has 0 aromatic rings. The number of rotatable bonds is 2. The molecule has 1 amide bonds. The second-order valence-corrected chi connectivity index (χ2v) is 5.87. The van der Waals surface area contributed by atoms with E-state index in [1.807, 2.05) is 27.7 Å². The van der Waals surface area contributed by atoms with Crippen molar-refractivity contribution < 1.29 is 4.79 Å². The molecule has 1 aliphatic carbocycles. The third-order valence-electron chi connectivity index (χ3n) is 2.49. The predicted molar refractivity (Wildman–Crippen MR) is 54.9 cm³/mol. The normalized spacial score (nSPS) is 38.6. The fraction of sp³-hybridized carbons (Fsp3) is 0.900. The number of halogens is 1. The lowest BCUT2D eigenvalue weighted by Gasteiger charge is -2.48. The van der Waals surface area contributed by atoms with Gasteiger partial charge in [0.05, 0.1) is 0 Å². The molecular weight excluding hydrogens is 186 g/mol. The van der Waals surface area contributed by atoms with Crippen LogP contribution in [-0.4, -0.2) is 16.8 Å². The highest BCUT2D eigenvalue weighted by Crippen LogP contribution is 2.52. The van der Waals surface area contributed by atoms with Crippen molar-refractivity contribution >= 4 is 17.5 Å². The topological polar surface area (TPSA) is 29.1 Å². The van der Waals surface area contributed by atoms with E-state index in [0.29, 0.717) is 0 Å². The quantitative estimate of drug-likeness (QED) is 0.686. The molecular formula is C10H18ClNO. The molecule has 0 saturated heterocycles. The van der Waals surface area contributed by atoms with Crippen molar-refractivity contribution in [3.63, 3.8) is 0 Å². The summed E-state index contributed by atoms with van der Waals surface area (Å²) in [5, 5.41) is 2.93. The highest BCUT2D eigenvalue weighted by atomic mass is 35.5. The van der Waals surface area contributed by atoms with Gasteiger partial charge >= 0.3 is 0 Å². The molecule has 0 spiro atoms. The summed E-state index contributed by atoms with van der Waals surface area (Å²) in [6, 6.07) is 0.214. The zero-order valence-corrected chi connectivity index (χ0v) is 9.53. The summed E-state index contributed by atoms with van der Waals surface area (Å²) in [4.78, 5) is 11.5. The zero-order chi connectivity index (χ0) is 10.3. The van der Waals surface area contributed by atoms with Crippen LogP contribution < -0.4 is 5.32 Å². The Morgan fingerprint density at radius 2 is 1.85 bits per heavy atom. The first-order chi connectivity index (χ1) is 5.75. The number of nitrogens with one attached hydrogen (secondary N) is 1. The maximum Gasteiger partial charge on any atom is 0.226 e. The first-order valence-corrected chi connectivity index (χ1v) is 5.13. The van der Waals surface area contributed by atoms with Gasteiger partial charge in [-0.1, -0.05) is 6.92 Å². The van der Waals surface area contributed by atoms with Crippen LogP contribution >= 0.6 is 11.6 Å². The van der Waals surface area contributed by atoms with E-state index in [-0.39, 0.29) is 22.2 Å². The fourth-order valence-electron chi connectivity index (χ4n) is 2.17. The minimum absolute atomic E-state index is 0.139. The van der Waals surface area contributed by atoms with Gasteiger partial charge in [0.25, 0.3) is 0 Å². The predicted octanol–water partition coefficient (Wildman–Crippen LogP) is 2.31. The van der Waals surface area contributed by atoms with Gasteiger partial charge in [0.15, 0.2) is 0 Å². The van der Waals surface area contributed by atoms with Crippen LogP contribution in [0, 0.1) is 5.41 Å². The lowest BCUT2D eigenvalue weighted by atomic mass is 9.62. The van der Waals surface area contributed by atoms with Crippen LogP contribution in [0.4, 0.5) is 0 Å². The Kier molecular flexibility index (Phi) is 2.63. The SMILES string of the molecule is CC(C)NC(=O)C1(C)CC(C)(Cl)C1. The van der Waals surface area contributed by atoms with E-state index in [1.54, 1.807) is 0 Å². The van der Waals surface area contributed by atoms with Crippen LogP contribution in [0.3, 0.4) is 0 Å². The van der Waals surface area contributed by atoms with E-state index in [4.69, 9.17) is 11.6 Å². The molecule has 0 bridgehead atoms. The summed E-state index contributed by atoms with van der Waals surface area (Å²) >= 11 is 6.09. The van der Waals surface area contributed by atoms with E-state index in [2.05, 4.69) is 5.32 Å². The molecule has 1 saturated carbocycles. The fourth-order valence-corrected chi connectivity index (χ4v) is 2.76. The molecule has 0 heterocycles. The number of carbonyl (C=O) groups is 1. The summed E-state index contributed by atoms with van der Waals surface area (Å²) < 4.78 is 0. The van der Waals surface area contributed by atoms with Crippen LogP contribution in [0.15, 0.2) is 0 Å². The molecule has 0 aromatic carbocycles. The van der Waals surface area contributed by atoms with E-state index in [9.17, 15) is 4.79 Å². The van der Waals surface area contributed by atoms with E-state index >= 15 is 0 Å².